The minimum atomic E-state index is -2.68. The molecule has 0 unspecified atom stereocenters. The fourth-order valence-corrected chi connectivity index (χ4v) is 4.64. The van der Waals surface area contributed by atoms with Crippen LogP contribution in [0.5, 0.6) is 0 Å². The summed E-state index contributed by atoms with van der Waals surface area (Å²) in [7, 11) is -2.68. The lowest BCUT2D eigenvalue weighted by Gasteiger charge is -2.01. The van der Waals surface area contributed by atoms with E-state index in [1.807, 2.05) is 0 Å². The summed E-state index contributed by atoms with van der Waals surface area (Å²) in [5, 5.41) is 0. The summed E-state index contributed by atoms with van der Waals surface area (Å²) >= 11 is 0. The van der Waals surface area contributed by atoms with Crippen LogP contribution < -0.4 is 5.73 Å². The Labute approximate surface area is 66.9 Å². The van der Waals surface area contributed by atoms with E-state index in [1.54, 1.807) is 0 Å². The van der Waals surface area contributed by atoms with E-state index < -0.39 is 9.84 Å². The standard InChI is InChI=1S/C7H13NO2S/c8-7-1-5-3-11(9,10)4-6(5)2-7/h5-7H,1-4,8H2/t5-,6+,7+. The molecule has 1 heterocycles. The topological polar surface area (TPSA) is 60.2 Å². The Hall–Kier alpha value is -0.0900. The number of hydrogen-bond donors (Lipinski definition) is 1. The fraction of sp³-hybridized carbons (Fsp3) is 1.00. The van der Waals surface area contributed by atoms with Crippen LogP contribution in [-0.4, -0.2) is 26.0 Å². The Morgan fingerprint density at radius 2 is 1.55 bits per heavy atom. The van der Waals surface area contributed by atoms with Crippen LogP contribution in [0.4, 0.5) is 0 Å². The van der Waals surface area contributed by atoms with Gasteiger partial charge in [-0.1, -0.05) is 0 Å². The van der Waals surface area contributed by atoms with Gasteiger partial charge in [0, 0.05) is 6.04 Å². The van der Waals surface area contributed by atoms with Crippen LogP contribution in [-0.2, 0) is 9.84 Å². The van der Waals surface area contributed by atoms with E-state index >= 15 is 0 Å². The number of fused-ring (bicyclic) bond motifs is 1. The molecule has 2 N–H and O–H groups in total. The summed E-state index contributed by atoms with van der Waals surface area (Å²) in [6.45, 7) is 0. The van der Waals surface area contributed by atoms with Gasteiger partial charge in [0.05, 0.1) is 11.5 Å². The summed E-state index contributed by atoms with van der Waals surface area (Å²) in [4.78, 5) is 0. The molecule has 0 radical (unpaired) electrons. The monoisotopic (exact) mass is 175 g/mol. The van der Waals surface area contributed by atoms with Gasteiger partial charge in [-0.15, -0.1) is 0 Å². The Morgan fingerprint density at radius 3 is 2.00 bits per heavy atom. The van der Waals surface area contributed by atoms with Gasteiger partial charge in [-0.2, -0.15) is 0 Å². The first-order chi connectivity index (χ1) is 5.07. The van der Waals surface area contributed by atoms with Crippen molar-refractivity contribution in [3.8, 4) is 0 Å². The quantitative estimate of drug-likeness (QED) is 0.553. The third kappa shape index (κ3) is 1.29. The highest BCUT2D eigenvalue weighted by Gasteiger charge is 2.42. The van der Waals surface area contributed by atoms with Crippen LogP contribution in [0, 0.1) is 11.8 Å². The van der Waals surface area contributed by atoms with Crippen molar-refractivity contribution in [2.24, 2.45) is 17.6 Å². The SMILES string of the molecule is N[C@H]1C[C@@H]2CS(=O)(=O)C[C@@H]2C1. The number of nitrogens with two attached hydrogens (primary N) is 1. The van der Waals surface area contributed by atoms with Gasteiger partial charge in [0.25, 0.3) is 0 Å². The van der Waals surface area contributed by atoms with E-state index in [0.717, 1.165) is 12.8 Å². The molecular weight excluding hydrogens is 162 g/mol. The highest BCUT2D eigenvalue weighted by molar-refractivity contribution is 7.91. The van der Waals surface area contributed by atoms with Gasteiger partial charge in [0.2, 0.25) is 0 Å². The van der Waals surface area contributed by atoms with Crippen molar-refractivity contribution in [2.75, 3.05) is 11.5 Å². The summed E-state index contributed by atoms with van der Waals surface area (Å²) in [6.07, 6.45) is 1.84. The average molecular weight is 175 g/mol. The third-order valence-corrected chi connectivity index (χ3v) is 4.69. The average Bonchev–Trinajstić information content (AvgIpc) is 2.17. The molecule has 0 aromatic heterocycles. The molecule has 1 aliphatic carbocycles. The predicted molar refractivity (Wildman–Crippen MR) is 42.8 cm³/mol. The molecule has 64 valence electrons. The van der Waals surface area contributed by atoms with Gasteiger partial charge in [0.1, 0.15) is 0 Å². The second kappa shape index (κ2) is 2.20. The molecule has 3 nitrogen and oxygen atoms in total. The lowest BCUT2D eigenvalue weighted by atomic mass is 10.0. The summed E-state index contributed by atoms with van der Waals surface area (Å²) in [5.41, 5.74) is 5.72. The molecule has 2 aliphatic rings. The van der Waals surface area contributed by atoms with Gasteiger partial charge in [-0.25, -0.2) is 8.42 Å². The number of rotatable bonds is 0. The van der Waals surface area contributed by atoms with Crippen LogP contribution in [0.25, 0.3) is 0 Å². The maximum Gasteiger partial charge on any atom is 0.150 e. The van der Waals surface area contributed by atoms with E-state index in [4.69, 9.17) is 5.73 Å². The highest BCUT2D eigenvalue weighted by Crippen LogP contribution is 2.38. The smallest absolute Gasteiger partial charge is 0.150 e. The molecule has 1 saturated heterocycles. The molecule has 1 aliphatic heterocycles. The van der Waals surface area contributed by atoms with Crippen molar-refractivity contribution >= 4 is 9.84 Å². The zero-order valence-corrected chi connectivity index (χ0v) is 7.18. The lowest BCUT2D eigenvalue weighted by Crippen LogP contribution is -2.18. The van der Waals surface area contributed by atoms with Crippen LogP contribution in [0.1, 0.15) is 12.8 Å². The van der Waals surface area contributed by atoms with Gasteiger partial charge in [-0.05, 0) is 24.7 Å². The fourth-order valence-electron chi connectivity index (χ4n) is 2.39. The van der Waals surface area contributed by atoms with Crippen molar-refractivity contribution in [1.82, 2.24) is 0 Å². The molecule has 0 spiro atoms. The van der Waals surface area contributed by atoms with Crippen LogP contribution in [0.2, 0.25) is 0 Å². The van der Waals surface area contributed by atoms with Crippen molar-refractivity contribution in [3.63, 3.8) is 0 Å². The molecule has 2 rings (SSSR count). The first-order valence-corrected chi connectivity index (χ1v) is 5.85. The van der Waals surface area contributed by atoms with Gasteiger partial charge >= 0.3 is 0 Å². The Morgan fingerprint density at radius 1 is 1.09 bits per heavy atom. The van der Waals surface area contributed by atoms with E-state index in [-0.39, 0.29) is 6.04 Å². The van der Waals surface area contributed by atoms with Gasteiger partial charge < -0.3 is 5.73 Å². The largest absolute Gasteiger partial charge is 0.328 e. The Bertz CT molecular complexity index is 240. The lowest BCUT2D eigenvalue weighted by molar-refractivity contribution is 0.494. The minimum absolute atomic E-state index is 0.264. The minimum Gasteiger partial charge on any atom is -0.328 e. The molecule has 0 bridgehead atoms. The molecule has 4 heteroatoms. The molecule has 0 aromatic carbocycles. The van der Waals surface area contributed by atoms with E-state index in [1.165, 1.54) is 0 Å². The molecule has 3 atom stereocenters. The summed E-state index contributed by atoms with van der Waals surface area (Å²) in [6, 6.07) is 0.264. The Balaban J connectivity index is 2.16. The van der Waals surface area contributed by atoms with Crippen molar-refractivity contribution in [1.29, 1.82) is 0 Å². The van der Waals surface area contributed by atoms with Crippen LogP contribution in [0.3, 0.4) is 0 Å². The zero-order chi connectivity index (χ0) is 8.06. The van der Waals surface area contributed by atoms with Crippen LogP contribution in [0.15, 0.2) is 0 Å². The molecule has 1 saturated carbocycles. The zero-order valence-electron chi connectivity index (χ0n) is 6.36. The molecule has 11 heavy (non-hydrogen) atoms. The van der Waals surface area contributed by atoms with Crippen molar-refractivity contribution in [3.05, 3.63) is 0 Å². The summed E-state index contributed by atoms with van der Waals surface area (Å²) < 4.78 is 22.2. The predicted octanol–water partition coefficient (Wildman–Crippen LogP) is -0.232. The molecular formula is C7H13NO2S. The Kier molecular flexibility index (Phi) is 1.51. The van der Waals surface area contributed by atoms with E-state index in [2.05, 4.69) is 0 Å². The maximum absolute atomic E-state index is 11.1. The first-order valence-electron chi connectivity index (χ1n) is 4.03. The molecule has 2 fully saturated rings. The number of hydrogen-bond acceptors (Lipinski definition) is 3. The maximum atomic E-state index is 11.1. The summed E-state index contributed by atoms with van der Waals surface area (Å²) in [5.74, 6) is 1.56. The third-order valence-electron chi connectivity index (χ3n) is 2.81. The number of sulfone groups is 1. The van der Waals surface area contributed by atoms with Crippen molar-refractivity contribution < 1.29 is 8.42 Å². The van der Waals surface area contributed by atoms with Crippen LogP contribution >= 0.6 is 0 Å². The molecule has 0 amide bonds. The highest BCUT2D eigenvalue weighted by atomic mass is 32.2. The van der Waals surface area contributed by atoms with Gasteiger partial charge in [-0.3, -0.25) is 0 Å². The first kappa shape index (κ1) is 7.55. The second-order valence-corrected chi connectivity index (χ2v) is 5.98. The van der Waals surface area contributed by atoms with E-state index in [0.29, 0.717) is 23.3 Å². The normalized spacial score (nSPS) is 47.5. The van der Waals surface area contributed by atoms with Gasteiger partial charge in [0.15, 0.2) is 9.84 Å². The van der Waals surface area contributed by atoms with E-state index in [9.17, 15) is 8.42 Å². The van der Waals surface area contributed by atoms with Crippen molar-refractivity contribution in [2.45, 2.75) is 18.9 Å². The molecule has 0 aromatic rings. The second-order valence-electron chi connectivity index (χ2n) is 3.83.